The summed E-state index contributed by atoms with van der Waals surface area (Å²) in [6.45, 7) is 7.90. The molecule has 5 rings (SSSR count). The van der Waals surface area contributed by atoms with Gasteiger partial charge in [-0.3, -0.25) is 9.69 Å². The van der Waals surface area contributed by atoms with Crippen LogP contribution in [0, 0.1) is 0 Å². The number of nitrogens with zero attached hydrogens (tertiary/aromatic N) is 3. The number of hydrogen-bond acceptors (Lipinski definition) is 4. The minimum Gasteiger partial charge on any atom is -0.489 e. The first-order chi connectivity index (χ1) is 20.3. The van der Waals surface area contributed by atoms with Crippen LogP contribution >= 0.6 is 34.8 Å². The molecule has 0 saturated carbocycles. The van der Waals surface area contributed by atoms with Crippen LogP contribution < -0.4 is 10.1 Å². The Kier molecular flexibility index (Phi) is 10.8. The van der Waals surface area contributed by atoms with E-state index in [1.54, 1.807) is 17.0 Å². The summed E-state index contributed by atoms with van der Waals surface area (Å²) in [5.74, 6) is 1.01. The lowest BCUT2D eigenvalue weighted by molar-refractivity contribution is -0.134. The van der Waals surface area contributed by atoms with E-state index in [0.29, 0.717) is 47.7 Å². The van der Waals surface area contributed by atoms with E-state index in [-0.39, 0.29) is 24.0 Å². The lowest BCUT2D eigenvalue weighted by Crippen LogP contribution is -2.54. The van der Waals surface area contributed by atoms with Crippen LogP contribution in [0.5, 0.6) is 5.75 Å². The summed E-state index contributed by atoms with van der Waals surface area (Å²) in [7, 11) is 0. The smallest absolute Gasteiger partial charge is 0.318 e. The molecule has 42 heavy (non-hydrogen) atoms. The highest BCUT2D eigenvalue weighted by Gasteiger charge is 2.33. The van der Waals surface area contributed by atoms with Crippen LogP contribution in [0.1, 0.15) is 62.5 Å². The fraction of sp³-hybridized carbons (Fsp3) is 0.562. The number of halogens is 3. The molecule has 3 fully saturated rings. The Balaban J connectivity index is 1.25. The molecule has 3 heterocycles. The number of carbonyl (C=O) groups is 2. The minimum atomic E-state index is -0.714. The van der Waals surface area contributed by atoms with E-state index in [4.69, 9.17) is 39.5 Å². The Morgan fingerprint density at radius 1 is 0.881 bits per heavy atom. The van der Waals surface area contributed by atoms with Gasteiger partial charge in [0.2, 0.25) is 5.91 Å². The molecular weight excluding hydrogens is 595 g/mol. The van der Waals surface area contributed by atoms with Gasteiger partial charge in [0, 0.05) is 54.2 Å². The Bertz CT molecular complexity index is 1240. The lowest BCUT2D eigenvalue weighted by Gasteiger charge is -2.36. The van der Waals surface area contributed by atoms with Gasteiger partial charge in [-0.1, -0.05) is 46.9 Å². The van der Waals surface area contributed by atoms with Crippen LogP contribution in [-0.2, 0) is 11.2 Å². The topological polar surface area (TPSA) is 65.1 Å². The van der Waals surface area contributed by atoms with Crippen molar-refractivity contribution in [2.45, 2.75) is 69.9 Å². The molecule has 10 heteroatoms. The van der Waals surface area contributed by atoms with Crippen molar-refractivity contribution in [2.24, 2.45) is 0 Å². The van der Waals surface area contributed by atoms with Crippen molar-refractivity contribution >= 4 is 46.7 Å². The van der Waals surface area contributed by atoms with Crippen molar-refractivity contribution in [1.29, 1.82) is 0 Å². The molecule has 228 valence electrons. The molecule has 1 unspecified atom stereocenters. The van der Waals surface area contributed by atoms with Crippen molar-refractivity contribution in [3.05, 3.63) is 62.6 Å². The summed E-state index contributed by atoms with van der Waals surface area (Å²) < 4.78 is 6.45. The molecule has 2 aromatic rings. The number of rotatable bonds is 9. The van der Waals surface area contributed by atoms with Crippen molar-refractivity contribution in [1.82, 2.24) is 20.0 Å². The number of piperidine rings is 1. The fourth-order valence-electron chi connectivity index (χ4n) is 6.43. The van der Waals surface area contributed by atoms with Gasteiger partial charge in [0.15, 0.2) is 0 Å². The summed E-state index contributed by atoms with van der Waals surface area (Å²) in [6, 6.07) is 10.3. The van der Waals surface area contributed by atoms with E-state index in [9.17, 15) is 9.59 Å². The minimum absolute atomic E-state index is 0.0571. The van der Waals surface area contributed by atoms with Gasteiger partial charge in [0.05, 0.1) is 0 Å². The van der Waals surface area contributed by atoms with E-state index in [0.717, 1.165) is 62.2 Å². The Morgan fingerprint density at radius 2 is 1.52 bits per heavy atom. The number of ether oxygens (including phenoxy) is 1. The molecule has 2 atom stereocenters. The zero-order valence-electron chi connectivity index (χ0n) is 24.3. The zero-order chi connectivity index (χ0) is 29.6. The van der Waals surface area contributed by atoms with Gasteiger partial charge in [-0.2, -0.15) is 0 Å². The summed E-state index contributed by atoms with van der Waals surface area (Å²) >= 11 is 19.0. The second-order valence-corrected chi connectivity index (χ2v) is 13.1. The number of benzene rings is 2. The average Bonchev–Trinajstić information content (AvgIpc) is 3.69. The molecule has 3 aliphatic rings. The average molecular weight is 636 g/mol. The van der Waals surface area contributed by atoms with Gasteiger partial charge in [0.25, 0.3) is 0 Å². The quantitative estimate of drug-likeness (QED) is 0.336. The largest absolute Gasteiger partial charge is 0.489 e. The van der Waals surface area contributed by atoms with Crippen molar-refractivity contribution < 1.29 is 14.3 Å². The second kappa shape index (κ2) is 14.5. The monoisotopic (exact) mass is 634 g/mol. The fourth-order valence-corrected chi connectivity index (χ4v) is 7.08. The first kappa shape index (κ1) is 31.2. The standard InChI is InChI=1S/C32H41Cl3N4O3/c1-22(21-37-12-2-3-13-37)42-30-20-26(34)8-9-27(30)23-10-16-38(17-11-23)31(40)29(36-32(41)39-14-4-5-15-39)18-24-6-7-25(33)19-28(24)35/h6-9,19-20,22-23,29H,2-5,10-18,21H2,1H3,(H,36,41)/t22?,29-/m1/s1. The van der Waals surface area contributed by atoms with Crippen molar-refractivity contribution in [3.8, 4) is 5.75 Å². The van der Waals surface area contributed by atoms with Crippen LogP contribution in [0.15, 0.2) is 36.4 Å². The van der Waals surface area contributed by atoms with Crippen LogP contribution in [0.4, 0.5) is 4.79 Å². The van der Waals surface area contributed by atoms with Crippen LogP contribution in [0.3, 0.4) is 0 Å². The molecule has 0 radical (unpaired) electrons. The van der Waals surface area contributed by atoms with Crippen LogP contribution in [0.25, 0.3) is 0 Å². The molecule has 3 aliphatic heterocycles. The molecule has 0 spiro atoms. The third-order valence-electron chi connectivity index (χ3n) is 8.69. The maximum Gasteiger partial charge on any atom is 0.318 e. The zero-order valence-corrected chi connectivity index (χ0v) is 26.6. The predicted octanol–water partition coefficient (Wildman–Crippen LogP) is 6.63. The maximum atomic E-state index is 13.9. The molecule has 7 nitrogen and oxygen atoms in total. The number of likely N-dealkylation sites (tertiary alicyclic amines) is 3. The molecule has 3 amide bonds. The number of hydrogen-bond donors (Lipinski definition) is 1. The molecule has 3 saturated heterocycles. The van der Waals surface area contributed by atoms with E-state index < -0.39 is 6.04 Å². The predicted molar refractivity (Wildman–Crippen MR) is 169 cm³/mol. The first-order valence-electron chi connectivity index (χ1n) is 15.2. The Morgan fingerprint density at radius 3 is 2.21 bits per heavy atom. The molecule has 0 bridgehead atoms. The van der Waals surface area contributed by atoms with Gasteiger partial charge < -0.3 is 19.9 Å². The lowest BCUT2D eigenvalue weighted by atomic mass is 9.88. The number of amides is 3. The van der Waals surface area contributed by atoms with Crippen LogP contribution in [0.2, 0.25) is 15.1 Å². The maximum absolute atomic E-state index is 13.9. The number of urea groups is 1. The molecular formula is C32H41Cl3N4O3. The molecule has 0 aliphatic carbocycles. The van der Waals surface area contributed by atoms with E-state index in [1.807, 2.05) is 23.1 Å². The summed E-state index contributed by atoms with van der Waals surface area (Å²) in [4.78, 5) is 33.0. The van der Waals surface area contributed by atoms with Gasteiger partial charge in [-0.15, -0.1) is 0 Å². The van der Waals surface area contributed by atoms with Gasteiger partial charge in [-0.05, 0) is 99.8 Å². The van der Waals surface area contributed by atoms with Crippen molar-refractivity contribution in [3.63, 3.8) is 0 Å². The Labute approximate surface area is 264 Å². The normalized spacial score (nSPS) is 19.6. The third kappa shape index (κ3) is 8.04. The number of nitrogens with one attached hydrogen (secondary N) is 1. The van der Waals surface area contributed by atoms with Gasteiger partial charge in [0.1, 0.15) is 17.9 Å². The highest BCUT2D eigenvalue weighted by molar-refractivity contribution is 6.35. The van der Waals surface area contributed by atoms with E-state index in [1.165, 1.54) is 12.8 Å². The number of carbonyl (C=O) groups excluding carboxylic acids is 2. The second-order valence-electron chi connectivity index (χ2n) is 11.9. The summed E-state index contributed by atoms with van der Waals surface area (Å²) in [5, 5.41) is 4.70. The van der Waals surface area contributed by atoms with Crippen LogP contribution in [-0.4, -0.2) is 84.6 Å². The molecule has 1 N–H and O–H groups in total. The summed E-state index contributed by atoms with van der Waals surface area (Å²) in [6.07, 6.45) is 6.44. The first-order valence-corrected chi connectivity index (χ1v) is 16.4. The van der Waals surface area contributed by atoms with E-state index in [2.05, 4.69) is 23.2 Å². The van der Waals surface area contributed by atoms with E-state index >= 15 is 0 Å². The molecule has 0 aromatic heterocycles. The van der Waals surface area contributed by atoms with Crippen molar-refractivity contribution in [2.75, 3.05) is 45.8 Å². The van der Waals surface area contributed by atoms with Gasteiger partial charge >= 0.3 is 6.03 Å². The Hall–Kier alpha value is -2.19. The third-order valence-corrected chi connectivity index (χ3v) is 9.51. The van der Waals surface area contributed by atoms with Gasteiger partial charge in [-0.25, -0.2) is 4.79 Å². The highest BCUT2D eigenvalue weighted by atomic mass is 35.5. The highest BCUT2D eigenvalue weighted by Crippen LogP contribution is 2.37. The molecule has 2 aromatic carbocycles. The summed E-state index contributed by atoms with van der Waals surface area (Å²) in [5.41, 5.74) is 1.92. The SMILES string of the molecule is CC(CN1CCCC1)Oc1cc(Cl)ccc1C1CCN(C(=O)[C@@H](Cc2ccc(Cl)cc2Cl)NC(=O)N2CCCC2)CC1.